The van der Waals surface area contributed by atoms with Gasteiger partial charge in [0.25, 0.3) is 11.8 Å². The van der Waals surface area contributed by atoms with E-state index >= 15 is 0 Å². The largest absolute Gasteiger partial charge is 0.462 e. The third-order valence-electron chi connectivity index (χ3n) is 8.10. The van der Waals surface area contributed by atoms with Gasteiger partial charge in [0.05, 0.1) is 17.1 Å². The Kier molecular flexibility index (Phi) is 9.46. The molecule has 10 heteroatoms. The minimum Gasteiger partial charge on any atom is -0.462 e. The molecular formula is C33H39N3O6S. The Morgan fingerprint density at radius 1 is 0.860 bits per heavy atom. The number of benzene rings is 3. The molecule has 2 aliphatic heterocycles. The number of rotatable bonds is 12. The van der Waals surface area contributed by atoms with Gasteiger partial charge in [-0.25, -0.2) is 13.2 Å². The van der Waals surface area contributed by atoms with Crippen LogP contribution in [0.1, 0.15) is 83.4 Å². The van der Waals surface area contributed by atoms with Crippen molar-refractivity contribution in [2.24, 2.45) is 0 Å². The number of ether oxygens (including phenoxy) is 1. The first-order valence-corrected chi connectivity index (χ1v) is 16.7. The maximum atomic E-state index is 13.4. The number of piperidine rings is 1. The molecule has 0 aromatic heterocycles. The number of esters is 1. The Hall–Kier alpha value is -3.76. The summed E-state index contributed by atoms with van der Waals surface area (Å²) < 4.78 is 32.8. The Morgan fingerprint density at radius 2 is 1.51 bits per heavy atom. The summed E-state index contributed by atoms with van der Waals surface area (Å²) in [6, 6.07) is 15.2. The van der Waals surface area contributed by atoms with Gasteiger partial charge < -0.3 is 9.64 Å². The molecule has 2 amide bonds. The molecule has 0 bridgehead atoms. The molecule has 0 atom stereocenters. The fraction of sp³-hybridized carbons (Fsp3) is 0.424. The number of carbonyl (C=O) groups excluding carboxylic acids is 3. The normalized spacial score (nSPS) is 15.4. The van der Waals surface area contributed by atoms with E-state index in [0.717, 1.165) is 37.0 Å². The quantitative estimate of drug-likeness (QED) is 0.153. The van der Waals surface area contributed by atoms with Crippen molar-refractivity contribution in [3.63, 3.8) is 0 Å². The van der Waals surface area contributed by atoms with E-state index in [4.69, 9.17) is 4.74 Å². The van der Waals surface area contributed by atoms with Crippen LogP contribution in [0.15, 0.2) is 59.5 Å². The number of anilines is 1. The van der Waals surface area contributed by atoms with Gasteiger partial charge >= 0.3 is 5.97 Å². The van der Waals surface area contributed by atoms with E-state index in [1.807, 2.05) is 38.1 Å². The topological polar surface area (TPSA) is 104 Å². The number of imide groups is 1. The van der Waals surface area contributed by atoms with Gasteiger partial charge in [0.15, 0.2) is 0 Å². The summed E-state index contributed by atoms with van der Waals surface area (Å²) >= 11 is 0. The molecule has 0 radical (unpaired) electrons. The van der Waals surface area contributed by atoms with Crippen molar-refractivity contribution in [3.05, 3.63) is 71.3 Å². The number of sulfonamides is 1. The van der Waals surface area contributed by atoms with Crippen LogP contribution in [-0.2, 0) is 14.8 Å². The van der Waals surface area contributed by atoms with Crippen molar-refractivity contribution in [1.82, 2.24) is 9.21 Å². The van der Waals surface area contributed by atoms with Crippen LogP contribution >= 0.6 is 0 Å². The Morgan fingerprint density at radius 3 is 2.16 bits per heavy atom. The molecule has 228 valence electrons. The lowest BCUT2D eigenvalue weighted by molar-refractivity contribution is 0.0476. The second-order valence-electron chi connectivity index (χ2n) is 11.1. The van der Waals surface area contributed by atoms with Crippen LogP contribution in [0, 0.1) is 0 Å². The van der Waals surface area contributed by atoms with Crippen LogP contribution in [-0.4, -0.2) is 74.7 Å². The summed E-state index contributed by atoms with van der Waals surface area (Å²) in [6.45, 7) is 6.76. The molecule has 0 aliphatic carbocycles. The molecular weight excluding hydrogens is 566 g/mol. The molecule has 0 spiro atoms. The summed E-state index contributed by atoms with van der Waals surface area (Å²) in [6.07, 6.45) is 5.16. The second-order valence-corrected chi connectivity index (χ2v) is 13.0. The SMILES string of the molecule is CCCN(CCC)S(=O)(=O)c1ccc(C(=O)OCCCN2C(=O)c3cccc4c(N5CCCCC5)ccc(c34)C2=O)cc1. The summed E-state index contributed by atoms with van der Waals surface area (Å²) in [5, 5.41) is 1.63. The highest BCUT2D eigenvalue weighted by atomic mass is 32.2. The molecule has 2 heterocycles. The van der Waals surface area contributed by atoms with Gasteiger partial charge in [-0.05, 0) is 81.0 Å². The smallest absolute Gasteiger partial charge is 0.338 e. The van der Waals surface area contributed by atoms with E-state index in [-0.39, 0.29) is 41.8 Å². The minimum atomic E-state index is -3.65. The van der Waals surface area contributed by atoms with Crippen molar-refractivity contribution in [1.29, 1.82) is 0 Å². The lowest BCUT2D eigenvalue weighted by Crippen LogP contribution is -2.41. The number of hydrogen-bond donors (Lipinski definition) is 0. The van der Waals surface area contributed by atoms with Crippen LogP contribution in [0.3, 0.4) is 0 Å². The predicted molar refractivity (Wildman–Crippen MR) is 166 cm³/mol. The van der Waals surface area contributed by atoms with Gasteiger partial charge in [0.2, 0.25) is 10.0 Å². The highest BCUT2D eigenvalue weighted by Crippen LogP contribution is 2.37. The van der Waals surface area contributed by atoms with Crippen molar-refractivity contribution in [3.8, 4) is 0 Å². The molecule has 0 unspecified atom stereocenters. The lowest BCUT2D eigenvalue weighted by atomic mass is 9.92. The van der Waals surface area contributed by atoms with E-state index in [2.05, 4.69) is 4.90 Å². The fourth-order valence-electron chi connectivity index (χ4n) is 5.98. The van der Waals surface area contributed by atoms with Crippen LogP contribution in [0.2, 0.25) is 0 Å². The van der Waals surface area contributed by atoms with Gasteiger partial charge in [0, 0.05) is 60.3 Å². The van der Waals surface area contributed by atoms with Gasteiger partial charge in [-0.15, -0.1) is 0 Å². The second kappa shape index (κ2) is 13.3. The van der Waals surface area contributed by atoms with Crippen LogP contribution < -0.4 is 4.90 Å². The Balaban J connectivity index is 1.21. The molecule has 3 aromatic carbocycles. The first-order valence-electron chi connectivity index (χ1n) is 15.2. The van der Waals surface area contributed by atoms with Gasteiger partial charge in [-0.2, -0.15) is 4.31 Å². The molecule has 5 rings (SSSR count). The first-order chi connectivity index (χ1) is 20.8. The molecule has 1 saturated heterocycles. The Bertz CT molecular complexity index is 1590. The van der Waals surface area contributed by atoms with Gasteiger partial charge in [-0.3, -0.25) is 14.5 Å². The molecule has 0 N–H and O–H groups in total. The number of nitrogens with zero attached hydrogens (tertiary/aromatic N) is 3. The van der Waals surface area contributed by atoms with Crippen LogP contribution in [0.25, 0.3) is 10.8 Å². The van der Waals surface area contributed by atoms with Crippen LogP contribution in [0.4, 0.5) is 5.69 Å². The van der Waals surface area contributed by atoms with E-state index < -0.39 is 16.0 Å². The molecule has 3 aromatic rings. The maximum absolute atomic E-state index is 13.4. The van der Waals surface area contributed by atoms with Gasteiger partial charge in [-0.1, -0.05) is 26.0 Å². The molecule has 1 fully saturated rings. The first kappa shape index (κ1) is 30.7. The fourth-order valence-corrected chi connectivity index (χ4v) is 7.60. The predicted octanol–water partition coefficient (Wildman–Crippen LogP) is 5.48. The van der Waals surface area contributed by atoms with Crippen molar-refractivity contribution in [2.45, 2.75) is 57.3 Å². The summed E-state index contributed by atoms with van der Waals surface area (Å²) in [5.74, 6) is -1.29. The summed E-state index contributed by atoms with van der Waals surface area (Å²) in [4.78, 5) is 43.2. The average molecular weight is 606 g/mol. The minimum absolute atomic E-state index is 0.00166. The highest BCUT2D eigenvalue weighted by molar-refractivity contribution is 7.89. The zero-order valence-electron chi connectivity index (χ0n) is 24.9. The van der Waals surface area contributed by atoms with Crippen molar-refractivity contribution < 1.29 is 27.5 Å². The van der Waals surface area contributed by atoms with Crippen molar-refractivity contribution in [2.75, 3.05) is 44.2 Å². The van der Waals surface area contributed by atoms with E-state index in [1.165, 1.54) is 39.9 Å². The van der Waals surface area contributed by atoms with E-state index in [9.17, 15) is 22.8 Å². The molecule has 0 saturated carbocycles. The Labute approximate surface area is 253 Å². The monoisotopic (exact) mass is 605 g/mol. The number of hydrogen-bond acceptors (Lipinski definition) is 7. The third-order valence-corrected chi connectivity index (χ3v) is 10.0. The zero-order chi connectivity index (χ0) is 30.6. The maximum Gasteiger partial charge on any atom is 0.338 e. The summed E-state index contributed by atoms with van der Waals surface area (Å²) in [5.41, 5.74) is 2.31. The summed E-state index contributed by atoms with van der Waals surface area (Å²) in [7, 11) is -3.65. The zero-order valence-corrected chi connectivity index (χ0v) is 25.7. The average Bonchev–Trinajstić information content (AvgIpc) is 3.03. The third kappa shape index (κ3) is 6.17. The standard InChI is InChI=1S/C33H39N3O6S/c1-3-18-35(19-4-2)43(40,41)25-14-12-24(13-15-25)33(39)42-23-9-22-36-31(37)27-11-8-10-26-29(34-20-6-5-7-21-34)17-16-28(30(26)27)32(36)38/h8,10-17H,3-7,9,18-23H2,1-2H3. The number of carbonyl (C=O) groups is 3. The van der Waals surface area contributed by atoms with E-state index in [1.54, 1.807) is 6.07 Å². The van der Waals surface area contributed by atoms with Crippen molar-refractivity contribution >= 4 is 44.3 Å². The highest BCUT2D eigenvalue weighted by Gasteiger charge is 2.33. The number of amides is 2. The molecule has 43 heavy (non-hydrogen) atoms. The van der Waals surface area contributed by atoms with E-state index in [0.29, 0.717) is 42.4 Å². The molecule has 2 aliphatic rings. The van der Waals surface area contributed by atoms with Crippen LogP contribution in [0.5, 0.6) is 0 Å². The lowest BCUT2D eigenvalue weighted by Gasteiger charge is -2.32. The van der Waals surface area contributed by atoms with Gasteiger partial charge in [0.1, 0.15) is 0 Å². The molecule has 9 nitrogen and oxygen atoms in total.